The van der Waals surface area contributed by atoms with E-state index >= 15 is 0 Å². The fourth-order valence-electron chi connectivity index (χ4n) is 5.87. The lowest BCUT2D eigenvalue weighted by Crippen LogP contribution is -2.55. The smallest absolute Gasteiger partial charge is 0.256 e. The van der Waals surface area contributed by atoms with Gasteiger partial charge in [0.1, 0.15) is 11.4 Å². The molecule has 0 bridgehead atoms. The molecule has 7 rings (SSSR count). The van der Waals surface area contributed by atoms with Crippen molar-refractivity contribution < 1.29 is 9.59 Å². The highest BCUT2D eigenvalue weighted by Crippen LogP contribution is 2.46. The zero-order valence-electron chi connectivity index (χ0n) is 19.7. The van der Waals surface area contributed by atoms with Crippen LogP contribution in [0.25, 0.3) is 5.57 Å². The van der Waals surface area contributed by atoms with E-state index in [1.807, 2.05) is 9.80 Å². The summed E-state index contributed by atoms with van der Waals surface area (Å²) < 4.78 is 0. The van der Waals surface area contributed by atoms with Crippen molar-refractivity contribution in [1.29, 1.82) is 0 Å². The number of benzene rings is 1. The second-order valence-electron chi connectivity index (χ2n) is 10.9. The molecule has 0 atom stereocenters. The van der Waals surface area contributed by atoms with E-state index in [4.69, 9.17) is 4.99 Å². The summed E-state index contributed by atoms with van der Waals surface area (Å²) in [7, 11) is 0. The molecule has 1 saturated heterocycles. The third-order valence-electron chi connectivity index (χ3n) is 8.32. The Morgan fingerprint density at radius 1 is 1.21 bits per heavy atom. The number of amides is 2. The molecule has 2 saturated carbocycles. The van der Waals surface area contributed by atoms with Gasteiger partial charge in [0.05, 0.1) is 0 Å². The summed E-state index contributed by atoms with van der Waals surface area (Å²) in [5.41, 5.74) is 13.5. The average Bonchev–Trinajstić information content (AvgIpc) is 3.72. The number of likely N-dealkylation sites (tertiary alicyclic amines) is 1. The number of allylic oxidation sites excluding steroid dienone is 2. The van der Waals surface area contributed by atoms with Crippen molar-refractivity contribution in [2.45, 2.75) is 51.0 Å². The van der Waals surface area contributed by atoms with Crippen molar-refractivity contribution in [2.24, 2.45) is 16.8 Å². The fraction of sp³-hybridized carbons (Fsp3) is 0.519. The highest BCUT2D eigenvalue weighted by Gasteiger charge is 2.58. The Bertz CT molecular complexity index is 1200. The molecule has 3 aliphatic heterocycles. The van der Waals surface area contributed by atoms with Crippen LogP contribution in [0.2, 0.25) is 0 Å². The molecule has 7 heteroatoms. The van der Waals surface area contributed by atoms with Crippen LogP contribution in [-0.2, 0) is 9.59 Å². The number of rotatable bonds is 5. The largest absolute Gasteiger partial charge is 0.342 e. The topological polar surface area (TPSA) is 77.0 Å². The molecular formula is C27H31N5O2. The molecule has 176 valence electrons. The van der Waals surface area contributed by atoms with Crippen LogP contribution in [-0.4, -0.2) is 59.2 Å². The van der Waals surface area contributed by atoms with Gasteiger partial charge < -0.3 is 10.3 Å². The number of hydrogen-bond acceptors (Lipinski definition) is 5. The Morgan fingerprint density at radius 3 is 2.76 bits per heavy atom. The van der Waals surface area contributed by atoms with Gasteiger partial charge in [-0.15, -0.1) is 0 Å². The van der Waals surface area contributed by atoms with Gasteiger partial charge in [-0.05, 0) is 67.7 Å². The molecule has 0 radical (unpaired) electrons. The maximum absolute atomic E-state index is 13.3. The van der Waals surface area contributed by atoms with Crippen LogP contribution in [0.4, 0.5) is 0 Å². The highest BCUT2D eigenvalue weighted by atomic mass is 16.2. The molecule has 3 aliphatic carbocycles. The highest BCUT2D eigenvalue weighted by molar-refractivity contribution is 6.17. The van der Waals surface area contributed by atoms with Crippen molar-refractivity contribution in [2.75, 3.05) is 26.2 Å². The van der Waals surface area contributed by atoms with E-state index in [-0.39, 0.29) is 11.8 Å². The number of carbonyl (C=O) groups excluding carboxylic acids is 2. The molecule has 2 amide bonds. The van der Waals surface area contributed by atoms with E-state index in [0.717, 1.165) is 75.1 Å². The number of nitrogens with one attached hydrogen (secondary N) is 2. The Hall–Kier alpha value is -2.93. The van der Waals surface area contributed by atoms with Gasteiger partial charge in [0.15, 0.2) is 0 Å². The molecule has 2 N–H and O–H groups in total. The molecule has 1 aromatic carbocycles. The number of amidine groups is 1. The Balaban J connectivity index is 1.12. The van der Waals surface area contributed by atoms with Crippen molar-refractivity contribution in [1.82, 2.24) is 20.7 Å². The Morgan fingerprint density at radius 2 is 2.03 bits per heavy atom. The van der Waals surface area contributed by atoms with Gasteiger partial charge in [0.25, 0.3) is 5.91 Å². The minimum Gasteiger partial charge on any atom is -0.342 e. The number of nitrogens with zero attached hydrogens (tertiary/aromatic N) is 3. The molecular weight excluding hydrogens is 426 g/mol. The maximum atomic E-state index is 13.3. The fourth-order valence-corrected chi connectivity index (χ4v) is 5.87. The molecule has 34 heavy (non-hydrogen) atoms. The number of aliphatic imine (C=N–C) groups is 1. The number of hydrogen-bond donors (Lipinski definition) is 2. The lowest BCUT2D eigenvalue weighted by atomic mass is 9.90. The number of hydrazine groups is 1. The normalized spacial score (nSPS) is 25.3. The van der Waals surface area contributed by atoms with E-state index in [1.165, 1.54) is 22.4 Å². The Labute approximate surface area is 199 Å². The van der Waals surface area contributed by atoms with Gasteiger partial charge in [-0.2, -0.15) is 0 Å². The second kappa shape index (κ2) is 7.28. The van der Waals surface area contributed by atoms with Crippen molar-refractivity contribution in [3.05, 3.63) is 52.2 Å². The summed E-state index contributed by atoms with van der Waals surface area (Å²) in [5, 5.41) is 0. The van der Waals surface area contributed by atoms with Crippen LogP contribution >= 0.6 is 0 Å². The van der Waals surface area contributed by atoms with Crippen LogP contribution in [0.1, 0.15) is 55.2 Å². The summed E-state index contributed by atoms with van der Waals surface area (Å²) in [6.45, 7) is 5.21. The van der Waals surface area contributed by atoms with Crippen LogP contribution < -0.4 is 10.9 Å². The van der Waals surface area contributed by atoms with E-state index < -0.39 is 5.54 Å². The monoisotopic (exact) mass is 457 g/mol. The van der Waals surface area contributed by atoms with Crippen LogP contribution in [0.3, 0.4) is 0 Å². The third kappa shape index (κ3) is 3.24. The van der Waals surface area contributed by atoms with Crippen LogP contribution in [0.5, 0.6) is 0 Å². The van der Waals surface area contributed by atoms with E-state index in [0.29, 0.717) is 18.4 Å². The summed E-state index contributed by atoms with van der Waals surface area (Å²) in [6, 6.07) is 6.60. The first-order valence-corrected chi connectivity index (χ1v) is 12.7. The number of aryl methyl sites for hydroxylation is 1. The molecule has 0 unspecified atom stereocenters. The zero-order chi connectivity index (χ0) is 23.0. The first-order valence-electron chi connectivity index (χ1n) is 12.7. The summed E-state index contributed by atoms with van der Waals surface area (Å²) in [5.74, 6) is 1.92. The van der Waals surface area contributed by atoms with Gasteiger partial charge >= 0.3 is 0 Å². The minimum absolute atomic E-state index is 0.161. The first-order chi connectivity index (χ1) is 16.5. The molecule has 0 aromatic heterocycles. The van der Waals surface area contributed by atoms with Crippen molar-refractivity contribution in [3.63, 3.8) is 0 Å². The van der Waals surface area contributed by atoms with Gasteiger partial charge in [0.2, 0.25) is 5.91 Å². The van der Waals surface area contributed by atoms with E-state index in [2.05, 4.69) is 42.1 Å². The molecule has 1 aromatic rings. The van der Waals surface area contributed by atoms with Gasteiger partial charge in [0, 0.05) is 49.3 Å². The maximum Gasteiger partial charge on any atom is 0.256 e. The average molecular weight is 458 g/mol. The lowest BCUT2D eigenvalue weighted by molar-refractivity contribution is -0.139. The van der Waals surface area contributed by atoms with E-state index in [1.54, 1.807) is 0 Å². The molecule has 3 heterocycles. The van der Waals surface area contributed by atoms with Crippen molar-refractivity contribution >= 4 is 23.2 Å². The summed E-state index contributed by atoms with van der Waals surface area (Å²) in [6.07, 6.45) is 8.17. The SMILES string of the molecule is Cc1cc(C2=CC3=C(CC2)NNC3)ccc1C1=NC2(CC2)C(=O)N1CC1CN(C(=O)C2CC2)C1. The van der Waals surface area contributed by atoms with E-state index in [9.17, 15) is 9.59 Å². The number of carbonyl (C=O) groups is 2. The minimum atomic E-state index is -0.509. The van der Waals surface area contributed by atoms with Gasteiger partial charge in [-0.25, -0.2) is 5.43 Å². The first kappa shape index (κ1) is 20.4. The zero-order valence-corrected chi connectivity index (χ0v) is 19.7. The molecule has 6 aliphatic rings. The van der Waals surface area contributed by atoms with Crippen LogP contribution in [0, 0.1) is 18.8 Å². The molecule has 7 nitrogen and oxygen atoms in total. The Kier molecular flexibility index (Phi) is 4.38. The quantitative estimate of drug-likeness (QED) is 0.713. The second-order valence-corrected chi connectivity index (χ2v) is 10.9. The standard InChI is InChI=1S/C27H31N5O2/c1-16-10-19(20-5-7-23-21(11-20)12-28-30-23)4-6-22(16)24-29-27(8-9-27)26(34)32(24)15-17-13-31(14-17)25(33)18-2-3-18/h4,6,10-11,17-18,28,30H,2-3,5,7-9,12-15H2,1H3. The van der Waals surface area contributed by atoms with Gasteiger partial charge in [-0.3, -0.25) is 19.5 Å². The van der Waals surface area contributed by atoms with Crippen LogP contribution in [0.15, 0.2) is 40.5 Å². The molecule has 1 spiro atoms. The lowest BCUT2D eigenvalue weighted by Gasteiger charge is -2.41. The van der Waals surface area contributed by atoms with Crippen molar-refractivity contribution in [3.8, 4) is 0 Å². The summed E-state index contributed by atoms with van der Waals surface area (Å²) in [4.78, 5) is 34.5. The summed E-state index contributed by atoms with van der Waals surface area (Å²) >= 11 is 0. The van der Waals surface area contributed by atoms with Gasteiger partial charge in [-0.1, -0.05) is 24.3 Å². The molecule has 3 fully saturated rings. The third-order valence-corrected chi connectivity index (χ3v) is 8.32. The predicted molar refractivity (Wildman–Crippen MR) is 130 cm³/mol. The predicted octanol–water partition coefficient (Wildman–Crippen LogP) is 2.52.